The highest BCUT2D eigenvalue weighted by Gasteiger charge is 2.18. The molecule has 0 aliphatic rings. The highest BCUT2D eigenvalue weighted by atomic mass is 16.1. The Morgan fingerprint density at radius 3 is 2.44 bits per heavy atom. The zero-order valence-corrected chi connectivity index (χ0v) is 12.4. The smallest absolute Gasteiger partial charge is 0.163 e. The highest BCUT2D eigenvalue weighted by molar-refractivity contribution is 6.12. The number of nitrogens with zero attached hydrogens (tertiary/aromatic N) is 2. The quantitative estimate of drug-likeness (QED) is 0.488. The molecule has 0 N–H and O–H groups in total. The lowest BCUT2D eigenvalue weighted by Crippen LogP contribution is -2.26. The molecule has 0 bridgehead atoms. The molecule has 3 nitrogen and oxygen atoms in total. The van der Waals surface area contributed by atoms with Crippen molar-refractivity contribution in [2.24, 2.45) is 10.9 Å². The van der Waals surface area contributed by atoms with Gasteiger partial charge in [-0.25, -0.2) is 0 Å². The molecular formula is C15H26N2O. The molecule has 0 aromatic carbocycles. The first kappa shape index (κ1) is 16.6. The van der Waals surface area contributed by atoms with Gasteiger partial charge in [0.2, 0.25) is 0 Å². The van der Waals surface area contributed by atoms with E-state index in [2.05, 4.69) is 37.2 Å². The SMILES string of the molecule is C=CN=C/C(C(C)=O)=C(\C(C)CC)N(C)CCC. The molecule has 0 saturated heterocycles. The van der Waals surface area contributed by atoms with Crippen molar-refractivity contribution in [3.63, 3.8) is 0 Å². The molecule has 1 atom stereocenters. The van der Waals surface area contributed by atoms with E-state index in [0.29, 0.717) is 11.5 Å². The normalized spacial score (nSPS) is 14.3. The molecule has 0 aromatic heterocycles. The molecule has 0 aromatic rings. The third-order valence-corrected chi connectivity index (χ3v) is 3.01. The Morgan fingerprint density at radius 2 is 2.06 bits per heavy atom. The number of ketones is 1. The second-order valence-corrected chi connectivity index (χ2v) is 4.55. The topological polar surface area (TPSA) is 32.7 Å². The van der Waals surface area contributed by atoms with Gasteiger partial charge in [0.05, 0.1) is 5.57 Å². The summed E-state index contributed by atoms with van der Waals surface area (Å²) in [5.74, 6) is 0.399. The maximum Gasteiger partial charge on any atom is 0.163 e. The van der Waals surface area contributed by atoms with Gasteiger partial charge in [-0.2, -0.15) is 0 Å². The minimum absolute atomic E-state index is 0.0545. The van der Waals surface area contributed by atoms with Crippen LogP contribution in [0, 0.1) is 5.92 Å². The molecule has 0 rings (SSSR count). The molecule has 0 aliphatic heterocycles. The molecule has 102 valence electrons. The van der Waals surface area contributed by atoms with Crippen LogP contribution >= 0.6 is 0 Å². The summed E-state index contributed by atoms with van der Waals surface area (Å²) in [5.41, 5.74) is 1.78. The minimum atomic E-state index is 0.0545. The summed E-state index contributed by atoms with van der Waals surface area (Å²) in [6.45, 7) is 12.5. The molecule has 0 saturated carbocycles. The fraction of sp³-hybridized carbons (Fsp3) is 0.600. The van der Waals surface area contributed by atoms with Crippen LogP contribution in [0.25, 0.3) is 0 Å². The summed E-state index contributed by atoms with van der Waals surface area (Å²) in [4.78, 5) is 18.0. The number of hydrogen-bond acceptors (Lipinski definition) is 3. The van der Waals surface area contributed by atoms with Gasteiger partial charge in [-0.05, 0) is 25.7 Å². The van der Waals surface area contributed by atoms with Crippen LogP contribution in [0.3, 0.4) is 0 Å². The molecule has 18 heavy (non-hydrogen) atoms. The van der Waals surface area contributed by atoms with Gasteiger partial charge in [-0.15, -0.1) is 0 Å². The first-order chi connectivity index (χ1) is 8.49. The maximum absolute atomic E-state index is 11.8. The lowest BCUT2D eigenvalue weighted by atomic mass is 9.97. The van der Waals surface area contributed by atoms with Crippen molar-refractivity contribution in [2.45, 2.75) is 40.5 Å². The summed E-state index contributed by atoms with van der Waals surface area (Å²) < 4.78 is 0. The highest BCUT2D eigenvalue weighted by Crippen LogP contribution is 2.22. The Kier molecular flexibility index (Phi) is 8.01. The van der Waals surface area contributed by atoms with Crippen molar-refractivity contribution in [3.8, 4) is 0 Å². The van der Waals surface area contributed by atoms with Gasteiger partial charge in [0, 0.05) is 31.7 Å². The number of hydrogen-bond donors (Lipinski definition) is 0. The van der Waals surface area contributed by atoms with Gasteiger partial charge in [-0.1, -0.05) is 27.4 Å². The number of carbonyl (C=O) groups is 1. The van der Waals surface area contributed by atoms with E-state index in [0.717, 1.165) is 25.1 Å². The fourth-order valence-electron chi connectivity index (χ4n) is 1.96. The summed E-state index contributed by atoms with van der Waals surface area (Å²) in [6, 6.07) is 0. The Labute approximate surface area is 111 Å². The fourth-order valence-corrected chi connectivity index (χ4v) is 1.96. The van der Waals surface area contributed by atoms with Gasteiger partial charge in [0.25, 0.3) is 0 Å². The number of Topliss-reactive ketones (excluding diaryl/α,β-unsaturated/α-hetero) is 1. The van der Waals surface area contributed by atoms with Crippen LogP contribution in [0.15, 0.2) is 29.0 Å². The van der Waals surface area contributed by atoms with E-state index in [-0.39, 0.29) is 5.78 Å². The van der Waals surface area contributed by atoms with E-state index in [9.17, 15) is 4.79 Å². The molecule has 0 spiro atoms. The average Bonchev–Trinajstić information content (AvgIpc) is 2.33. The van der Waals surface area contributed by atoms with Crippen molar-refractivity contribution in [1.82, 2.24) is 4.90 Å². The first-order valence-electron chi connectivity index (χ1n) is 6.59. The van der Waals surface area contributed by atoms with E-state index in [1.54, 1.807) is 13.1 Å². The van der Waals surface area contributed by atoms with Gasteiger partial charge in [-0.3, -0.25) is 9.79 Å². The van der Waals surface area contributed by atoms with E-state index >= 15 is 0 Å². The molecule has 0 aliphatic carbocycles. The average molecular weight is 250 g/mol. The number of allylic oxidation sites excluding steroid dienone is 2. The monoisotopic (exact) mass is 250 g/mol. The predicted molar refractivity (Wildman–Crippen MR) is 78.8 cm³/mol. The zero-order chi connectivity index (χ0) is 14.1. The Hall–Kier alpha value is -1.38. The van der Waals surface area contributed by atoms with Crippen LogP contribution in [0.1, 0.15) is 40.5 Å². The van der Waals surface area contributed by atoms with Crippen molar-refractivity contribution < 1.29 is 4.79 Å². The molecular weight excluding hydrogens is 224 g/mol. The molecule has 0 amide bonds. The maximum atomic E-state index is 11.8. The Balaban J connectivity index is 5.61. The lowest BCUT2D eigenvalue weighted by molar-refractivity contribution is -0.113. The van der Waals surface area contributed by atoms with Crippen molar-refractivity contribution >= 4 is 12.0 Å². The van der Waals surface area contributed by atoms with Crippen LogP contribution in [-0.4, -0.2) is 30.5 Å². The van der Waals surface area contributed by atoms with Crippen LogP contribution in [-0.2, 0) is 4.79 Å². The second-order valence-electron chi connectivity index (χ2n) is 4.55. The number of rotatable bonds is 8. The molecule has 3 heteroatoms. The first-order valence-corrected chi connectivity index (χ1v) is 6.59. The van der Waals surface area contributed by atoms with Crippen molar-refractivity contribution in [1.29, 1.82) is 0 Å². The summed E-state index contributed by atoms with van der Waals surface area (Å²) in [5, 5.41) is 0. The molecule has 1 unspecified atom stereocenters. The largest absolute Gasteiger partial charge is 0.377 e. The summed E-state index contributed by atoms with van der Waals surface area (Å²) >= 11 is 0. The van der Waals surface area contributed by atoms with E-state index in [4.69, 9.17) is 0 Å². The standard InChI is InChI=1S/C15H26N2O/c1-7-10-17(6)15(12(4)8-2)14(13(5)18)11-16-9-3/h9,11-12H,3,7-8,10H2,1-2,4-6H3/b15-14-,16-11?. The van der Waals surface area contributed by atoms with E-state index in [1.165, 1.54) is 6.20 Å². The third kappa shape index (κ3) is 4.86. The molecule has 0 radical (unpaired) electrons. The van der Waals surface area contributed by atoms with Crippen LogP contribution < -0.4 is 0 Å². The lowest BCUT2D eigenvalue weighted by Gasteiger charge is -2.28. The van der Waals surface area contributed by atoms with Gasteiger partial charge in [0.15, 0.2) is 5.78 Å². The summed E-state index contributed by atoms with van der Waals surface area (Å²) in [7, 11) is 2.04. The van der Waals surface area contributed by atoms with Crippen LogP contribution in [0.5, 0.6) is 0 Å². The Bertz CT molecular complexity index is 342. The third-order valence-electron chi connectivity index (χ3n) is 3.01. The van der Waals surface area contributed by atoms with Gasteiger partial charge < -0.3 is 4.90 Å². The molecule has 0 fully saturated rings. The van der Waals surface area contributed by atoms with E-state index < -0.39 is 0 Å². The predicted octanol–water partition coefficient (Wildman–Crippen LogP) is 3.43. The van der Waals surface area contributed by atoms with E-state index in [1.807, 2.05) is 7.05 Å². The van der Waals surface area contributed by atoms with Gasteiger partial charge in [0.1, 0.15) is 0 Å². The summed E-state index contributed by atoms with van der Waals surface area (Å²) in [6.07, 6.45) is 5.14. The number of aliphatic imine (C=N–C) groups is 1. The molecule has 0 heterocycles. The minimum Gasteiger partial charge on any atom is -0.377 e. The Morgan fingerprint density at radius 1 is 1.44 bits per heavy atom. The van der Waals surface area contributed by atoms with Gasteiger partial charge >= 0.3 is 0 Å². The zero-order valence-electron chi connectivity index (χ0n) is 12.4. The van der Waals surface area contributed by atoms with Crippen molar-refractivity contribution in [2.75, 3.05) is 13.6 Å². The van der Waals surface area contributed by atoms with Crippen molar-refractivity contribution in [3.05, 3.63) is 24.0 Å². The van der Waals surface area contributed by atoms with Crippen LogP contribution in [0.4, 0.5) is 0 Å². The van der Waals surface area contributed by atoms with Crippen LogP contribution in [0.2, 0.25) is 0 Å². The second kappa shape index (κ2) is 8.67. The number of carbonyl (C=O) groups excluding carboxylic acids is 1.